The largest absolute Gasteiger partial charge is 0.487 e. The van der Waals surface area contributed by atoms with Crippen molar-refractivity contribution in [2.75, 3.05) is 5.32 Å². The van der Waals surface area contributed by atoms with Gasteiger partial charge in [-0.05, 0) is 54.1 Å². The summed E-state index contributed by atoms with van der Waals surface area (Å²) in [4.78, 5) is 8.49. The molecule has 4 rings (SSSR count). The number of hydrogen-bond donors (Lipinski definition) is 1. The molecule has 0 atom stereocenters. The third-order valence-electron chi connectivity index (χ3n) is 4.24. The van der Waals surface area contributed by atoms with Crippen molar-refractivity contribution >= 4 is 34.0 Å². The van der Waals surface area contributed by atoms with Crippen LogP contribution in [0.4, 0.5) is 15.9 Å². The Balaban J connectivity index is 1.54. The summed E-state index contributed by atoms with van der Waals surface area (Å²) >= 11 is 6.34. The van der Waals surface area contributed by atoms with Crippen LogP contribution >= 0.6 is 11.6 Å². The minimum atomic E-state index is -0.312. The molecule has 1 N–H and O–H groups in total. The number of nitrogens with one attached hydrogen (secondary N) is 1. The van der Waals surface area contributed by atoms with Gasteiger partial charge in [0.15, 0.2) is 0 Å². The fourth-order valence-corrected chi connectivity index (χ4v) is 3.08. The Bertz CT molecular complexity index is 1240. The highest BCUT2D eigenvalue weighted by Crippen LogP contribution is 2.31. The molecule has 3 aromatic carbocycles. The summed E-state index contributed by atoms with van der Waals surface area (Å²) in [6.45, 7) is 0.206. The molecule has 4 aromatic rings. The number of aromatic nitrogens is 2. The van der Waals surface area contributed by atoms with Crippen LogP contribution in [0.25, 0.3) is 10.9 Å². The van der Waals surface area contributed by atoms with Crippen LogP contribution in [0.15, 0.2) is 67.0 Å². The number of anilines is 2. The van der Waals surface area contributed by atoms with Crippen molar-refractivity contribution in [1.82, 2.24) is 9.97 Å². The molecule has 0 amide bonds. The van der Waals surface area contributed by atoms with Gasteiger partial charge in [0.1, 0.15) is 30.3 Å². The van der Waals surface area contributed by atoms with Crippen molar-refractivity contribution in [3.8, 4) is 11.8 Å². The van der Waals surface area contributed by atoms with E-state index in [0.717, 1.165) is 10.9 Å². The molecule has 0 radical (unpaired) electrons. The zero-order valence-corrected chi connectivity index (χ0v) is 15.8. The van der Waals surface area contributed by atoms with Crippen molar-refractivity contribution < 1.29 is 9.13 Å². The molecule has 0 aliphatic heterocycles. The van der Waals surface area contributed by atoms with Gasteiger partial charge in [-0.2, -0.15) is 5.26 Å². The standard InChI is InChI=1S/C22H14ClFN4O/c23-19-10-17(5-7-21(19)29-12-15-2-1-3-16(24)8-15)28-22-18-9-14(11-25)4-6-20(18)26-13-27-22/h1-10,13H,12H2,(H,26,27,28). The number of nitrogens with zero attached hydrogens (tertiary/aromatic N) is 3. The molecule has 5 nitrogen and oxygen atoms in total. The van der Waals surface area contributed by atoms with Crippen molar-refractivity contribution in [3.63, 3.8) is 0 Å². The summed E-state index contributed by atoms with van der Waals surface area (Å²) in [6.07, 6.45) is 1.45. The topological polar surface area (TPSA) is 70.8 Å². The van der Waals surface area contributed by atoms with Gasteiger partial charge in [-0.3, -0.25) is 0 Å². The lowest BCUT2D eigenvalue weighted by Crippen LogP contribution is -1.99. The molecule has 0 bridgehead atoms. The van der Waals surface area contributed by atoms with E-state index in [2.05, 4.69) is 21.4 Å². The van der Waals surface area contributed by atoms with Gasteiger partial charge in [-0.1, -0.05) is 23.7 Å². The van der Waals surface area contributed by atoms with Crippen molar-refractivity contribution in [3.05, 3.63) is 89.0 Å². The van der Waals surface area contributed by atoms with E-state index in [0.29, 0.717) is 33.4 Å². The molecular formula is C22H14ClFN4O. The maximum atomic E-state index is 13.3. The van der Waals surface area contributed by atoms with Gasteiger partial charge in [-0.15, -0.1) is 0 Å². The van der Waals surface area contributed by atoms with Gasteiger partial charge in [0.05, 0.1) is 22.2 Å². The first-order chi connectivity index (χ1) is 14.1. The van der Waals surface area contributed by atoms with Gasteiger partial charge in [0, 0.05) is 11.1 Å². The number of rotatable bonds is 5. The SMILES string of the molecule is N#Cc1ccc2ncnc(Nc3ccc(OCc4cccc(F)c4)c(Cl)c3)c2c1. The second-order valence-corrected chi connectivity index (χ2v) is 6.66. The van der Waals surface area contributed by atoms with E-state index in [9.17, 15) is 4.39 Å². The van der Waals surface area contributed by atoms with E-state index < -0.39 is 0 Å². The zero-order chi connectivity index (χ0) is 20.2. The molecule has 0 saturated carbocycles. The fourth-order valence-electron chi connectivity index (χ4n) is 2.85. The predicted molar refractivity (Wildman–Crippen MR) is 110 cm³/mol. The summed E-state index contributed by atoms with van der Waals surface area (Å²) in [5, 5.41) is 13.5. The number of ether oxygens (including phenoxy) is 1. The number of benzene rings is 3. The maximum Gasteiger partial charge on any atom is 0.141 e. The molecule has 1 heterocycles. The smallest absolute Gasteiger partial charge is 0.141 e. The molecule has 0 saturated heterocycles. The van der Waals surface area contributed by atoms with E-state index in [-0.39, 0.29) is 12.4 Å². The molecule has 29 heavy (non-hydrogen) atoms. The van der Waals surface area contributed by atoms with Gasteiger partial charge in [0.2, 0.25) is 0 Å². The van der Waals surface area contributed by atoms with Gasteiger partial charge < -0.3 is 10.1 Å². The molecule has 7 heteroatoms. The van der Waals surface area contributed by atoms with Crippen LogP contribution in [0.5, 0.6) is 5.75 Å². The molecule has 0 aliphatic carbocycles. The highest BCUT2D eigenvalue weighted by molar-refractivity contribution is 6.32. The number of hydrogen-bond acceptors (Lipinski definition) is 5. The molecule has 1 aromatic heterocycles. The second kappa shape index (κ2) is 8.13. The normalized spacial score (nSPS) is 10.5. The first-order valence-corrected chi connectivity index (χ1v) is 9.09. The molecular weight excluding hydrogens is 391 g/mol. The third-order valence-corrected chi connectivity index (χ3v) is 4.54. The molecule has 142 valence electrons. The minimum Gasteiger partial charge on any atom is -0.487 e. The summed E-state index contributed by atoms with van der Waals surface area (Å²) < 4.78 is 19.0. The first kappa shape index (κ1) is 18.7. The summed E-state index contributed by atoms with van der Waals surface area (Å²) in [6, 6.07) is 18.8. The second-order valence-electron chi connectivity index (χ2n) is 6.25. The third kappa shape index (κ3) is 4.26. The Morgan fingerprint density at radius 1 is 1.07 bits per heavy atom. The van der Waals surface area contributed by atoms with E-state index in [1.165, 1.54) is 18.5 Å². The summed E-state index contributed by atoms with van der Waals surface area (Å²) in [7, 11) is 0. The quantitative estimate of drug-likeness (QED) is 0.467. The van der Waals surface area contributed by atoms with E-state index in [1.807, 2.05) is 0 Å². The lowest BCUT2D eigenvalue weighted by molar-refractivity contribution is 0.306. The van der Waals surface area contributed by atoms with Crippen LogP contribution in [0.3, 0.4) is 0 Å². The minimum absolute atomic E-state index is 0.206. The highest BCUT2D eigenvalue weighted by Gasteiger charge is 2.08. The Labute approximate surface area is 171 Å². The molecule has 0 aliphatic rings. The van der Waals surface area contributed by atoms with Crippen LogP contribution in [-0.2, 0) is 6.61 Å². The van der Waals surface area contributed by atoms with Crippen LogP contribution in [0.2, 0.25) is 5.02 Å². The summed E-state index contributed by atoms with van der Waals surface area (Å²) in [5.41, 5.74) is 2.66. The van der Waals surface area contributed by atoms with Crippen LogP contribution in [-0.4, -0.2) is 9.97 Å². The Kier molecular flexibility index (Phi) is 5.23. The monoisotopic (exact) mass is 404 g/mol. The average Bonchev–Trinajstić information content (AvgIpc) is 2.73. The number of nitriles is 1. The fraction of sp³-hybridized carbons (Fsp3) is 0.0455. The van der Waals surface area contributed by atoms with Crippen LogP contribution < -0.4 is 10.1 Å². The van der Waals surface area contributed by atoms with E-state index in [4.69, 9.17) is 21.6 Å². The van der Waals surface area contributed by atoms with Gasteiger partial charge in [0.25, 0.3) is 0 Å². The zero-order valence-electron chi connectivity index (χ0n) is 15.1. The maximum absolute atomic E-state index is 13.3. The van der Waals surface area contributed by atoms with Crippen LogP contribution in [0.1, 0.15) is 11.1 Å². The molecule has 0 fully saturated rings. The lowest BCUT2D eigenvalue weighted by atomic mass is 10.1. The predicted octanol–water partition coefficient (Wildman–Crippen LogP) is 5.62. The Morgan fingerprint density at radius 3 is 2.76 bits per heavy atom. The van der Waals surface area contributed by atoms with Gasteiger partial charge >= 0.3 is 0 Å². The van der Waals surface area contributed by atoms with E-state index in [1.54, 1.807) is 48.5 Å². The molecule has 0 unspecified atom stereocenters. The molecule has 0 spiro atoms. The van der Waals surface area contributed by atoms with Crippen molar-refractivity contribution in [2.24, 2.45) is 0 Å². The van der Waals surface area contributed by atoms with E-state index >= 15 is 0 Å². The Morgan fingerprint density at radius 2 is 1.97 bits per heavy atom. The number of halogens is 2. The summed E-state index contributed by atoms with van der Waals surface area (Å²) in [5.74, 6) is 0.741. The van der Waals surface area contributed by atoms with Crippen molar-refractivity contribution in [1.29, 1.82) is 5.26 Å². The van der Waals surface area contributed by atoms with Gasteiger partial charge in [-0.25, -0.2) is 14.4 Å². The lowest BCUT2D eigenvalue weighted by Gasteiger charge is -2.12. The number of fused-ring (bicyclic) bond motifs is 1. The Hall–Kier alpha value is -3.69. The first-order valence-electron chi connectivity index (χ1n) is 8.71. The average molecular weight is 405 g/mol. The van der Waals surface area contributed by atoms with Crippen LogP contribution in [0, 0.1) is 17.1 Å². The highest BCUT2D eigenvalue weighted by atomic mass is 35.5. The van der Waals surface area contributed by atoms with Crippen molar-refractivity contribution in [2.45, 2.75) is 6.61 Å².